The third-order valence-corrected chi connectivity index (χ3v) is 7.06. The first-order valence-corrected chi connectivity index (χ1v) is 11.8. The molecule has 0 aromatic heterocycles. The van der Waals surface area contributed by atoms with Crippen molar-refractivity contribution in [2.24, 2.45) is 11.7 Å². The summed E-state index contributed by atoms with van der Waals surface area (Å²) in [5.41, 5.74) is 6.49. The van der Waals surface area contributed by atoms with Crippen LogP contribution in [0.5, 0.6) is 0 Å². The predicted octanol–water partition coefficient (Wildman–Crippen LogP) is 5.29. The normalized spacial score (nSPS) is 21.3. The summed E-state index contributed by atoms with van der Waals surface area (Å²) in [6, 6.07) is 0. The molecule has 0 amide bonds. The van der Waals surface area contributed by atoms with Crippen LogP contribution in [0.4, 0.5) is 0 Å². The van der Waals surface area contributed by atoms with Gasteiger partial charge in [-0.3, -0.25) is 0 Å². The summed E-state index contributed by atoms with van der Waals surface area (Å²) in [5, 5.41) is 18.8. The van der Waals surface area contributed by atoms with E-state index in [9.17, 15) is 10.2 Å². The Balaban J connectivity index is 2.39. The first kappa shape index (κ1) is 24.1. The van der Waals surface area contributed by atoms with Gasteiger partial charge in [-0.05, 0) is 44.4 Å². The SMILES string of the molecule is CCCCCCCCC/C=C\C(=C/C1CCC1I)CCC(N)(CO)CO. The summed E-state index contributed by atoms with van der Waals surface area (Å²) in [6.07, 6.45) is 21.5. The molecular formula is C22H40INO2. The highest BCUT2D eigenvalue weighted by molar-refractivity contribution is 14.1. The second-order valence-electron chi connectivity index (χ2n) is 7.99. The standard InChI is InChI=1S/C22H40INO2/c1-2-3-4-5-6-7-8-9-10-11-19(16-20-12-13-21(20)23)14-15-22(24,17-25)18-26/h10-11,16,20-21,25-26H,2-9,12-15,17-18,24H2,1H3/b11-10-,19-16+. The monoisotopic (exact) mass is 477 g/mol. The average molecular weight is 477 g/mol. The Morgan fingerprint density at radius 3 is 2.27 bits per heavy atom. The van der Waals surface area contributed by atoms with Crippen molar-refractivity contribution in [1.82, 2.24) is 0 Å². The Labute approximate surface area is 174 Å². The van der Waals surface area contributed by atoms with Crippen LogP contribution in [0.3, 0.4) is 0 Å². The molecule has 0 spiro atoms. The number of nitrogens with two attached hydrogens (primary N) is 1. The van der Waals surface area contributed by atoms with E-state index in [1.807, 2.05) is 0 Å². The van der Waals surface area contributed by atoms with Crippen LogP contribution in [0, 0.1) is 5.92 Å². The molecule has 0 aromatic rings. The Bertz CT molecular complexity index is 418. The van der Waals surface area contributed by atoms with Gasteiger partial charge in [0.05, 0.1) is 18.8 Å². The van der Waals surface area contributed by atoms with E-state index in [1.54, 1.807) is 0 Å². The number of hydrogen-bond donors (Lipinski definition) is 3. The van der Waals surface area contributed by atoms with Crippen LogP contribution >= 0.6 is 22.6 Å². The van der Waals surface area contributed by atoms with Crippen LogP contribution in [0.25, 0.3) is 0 Å². The van der Waals surface area contributed by atoms with Crippen LogP contribution in [0.15, 0.2) is 23.8 Å². The first-order chi connectivity index (χ1) is 12.5. The van der Waals surface area contributed by atoms with Gasteiger partial charge in [0.2, 0.25) is 0 Å². The van der Waals surface area contributed by atoms with Crippen molar-refractivity contribution in [3.8, 4) is 0 Å². The van der Waals surface area contributed by atoms with E-state index in [0.29, 0.717) is 12.3 Å². The zero-order chi connectivity index (χ0) is 19.3. The first-order valence-electron chi connectivity index (χ1n) is 10.6. The third kappa shape index (κ3) is 9.86. The van der Waals surface area contributed by atoms with E-state index in [0.717, 1.165) is 16.8 Å². The largest absolute Gasteiger partial charge is 0.394 e. The van der Waals surface area contributed by atoms with Gasteiger partial charge in [-0.25, -0.2) is 0 Å². The average Bonchev–Trinajstić information content (AvgIpc) is 2.66. The van der Waals surface area contributed by atoms with E-state index in [-0.39, 0.29) is 13.2 Å². The fraction of sp³-hybridized carbons (Fsp3) is 0.818. The van der Waals surface area contributed by atoms with E-state index in [4.69, 9.17) is 5.73 Å². The van der Waals surface area contributed by atoms with Crippen molar-refractivity contribution in [2.75, 3.05) is 13.2 Å². The summed E-state index contributed by atoms with van der Waals surface area (Å²) >= 11 is 2.54. The molecule has 4 heteroatoms. The van der Waals surface area contributed by atoms with Crippen molar-refractivity contribution in [3.63, 3.8) is 0 Å². The number of rotatable bonds is 15. The zero-order valence-electron chi connectivity index (χ0n) is 16.6. The van der Waals surface area contributed by atoms with Gasteiger partial charge in [-0.15, -0.1) is 0 Å². The lowest BCUT2D eigenvalue weighted by atomic mass is 9.82. The summed E-state index contributed by atoms with van der Waals surface area (Å²) < 4.78 is 0.748. The van der Waals surface area contributed by atoms with Gasteiger partial charge in [-0.1, -0.05) is 91.8 Å². The molecular weight excluding hydrogens is 437 g/mol. The Morgan fingerprint density at radius 1 is 1.08 bits per heavy atom. The minimum Gasteiger partial charge on any atom is -0.394 e. The Morgan fingerprint density at radius 2 is 1.73 bits per heavy atom. The van der Waals surface area contributed by atoms with Gasteiger partial charge in [0.1, 0.15) is 0 Å². The molecule has 0 bridgehead atoms. The molecule has 2 unspecified atom stereocenters. The highest BCUT2D eigenvalue weighted by Crippen LogP contribution is 2.36. The van der Waals surface area contributed by atoms with Crippen LogP contribution < -0.4 is 5.73 Å². The van der Waals surface area contributed by atoms with Crippen molar-refractivity contribution in [2.45, 2.75) is 93.4 Å². The maximum Gasteiger partial charge on any atom is 0.0633 e. The smallest absolute Gasteiger partial charge is 0.0633 e. The highest BCUT2D eigenvalue weighted by atomic mass is 127. The molecule has 1 rings (SSSR count). The number of unbranched alkanes of at least 4 members (excludes halogenated alkanes) is 7. The van der Waals surface area contributed by atoms with E-state index >= 15 is 0 Å². The van der Waals surface area contributed by atoms with Crippen LogP contribution in [0.1, 0.15) is 84.0 Å². The summed E-state index contributed by atoms with van der Waals surface area (Å²) in [4.78, 5) is 0. The van der Waals surface area contributed by atoms with Gasteiger partial charge in [0, 0.05) is 3.92 Å². The molecule has 2 atom stereocenters. The number of halogens is 1. The molecule has 0 radical (unpaired) electrons. The van der Waals surface area contributed by atoms with Crippen molar-refractivity contribution >= 4 is 22.6 Å². The predicted molar refractivity (Wildman–Crippen MR) is 121 cm³/mol. The van der Waals surface area contributed by atoms with E-state index < -0.39 is 5.54 Å². The Hall–Kier alpha value is 0.0900. The fourth-order valence-electron chi connectivity index (χ4n) is 3.23. The van der Waals surface area contributed by atoms with Crippen molar-refractivity contribution in [3.05, 3.63) is 23.8 Å². The molecule has 0 aliphatic heterocycles. The molecule has 4 N–H and O–H groups in total. The maximum atomic E-state index is 9.41. The van der Waals surface area contributed by atoms with Gasteiger partial charge in [0.25, 0.3) is 0 Å². The van der Waals surface area contributed by atoms with Crippen molar-refractivity contribution in [1.29, 1.82) is 0 Å². The topological polar surface area (TPSA) is 66.5 Å². The summed E-state index contributed by atoms with van der Waals surface area (Å²) in [6.45, 7) is 1.92. The molecule has 1 saturated carbocycles. The minimum absolute atomic E-state index is 0.170. The van der Waals surface area contributed by atoms with Gasteiger partial charge >= 0.3 is 0 Å². The molecule has 0 aromatic carbocycles. The molecule has 3 nitrogen and oxygen atoms in total. The van der Waals surface area contributed by atoms with Gasteiger partial charge in [0.15, 0.2) is 0 Å². The van der Waals surface area contributed by atoms with Crippen LogP contribution in [0.2, 0.25) is 0 Å². The summed E-state index contributed by atoms with van der Waals surface area (Å²) in [7, 11) is 0. The lowest BCUT2D eigenvalue weighted by Crippen LogP contribution is -2.47. The van der Waals surface area contributed by atoms with Gasteiger partial charge < -0.3 is 15.9 Å². The number of aliphatic hydroxyl groups is 2. The molecule has 1 fully saturated rings. The number of hydrogen-bond acceptors (Lipinski definition) is 3. The maximum absolute atomic E-state index is 9.41. The molecule has 1 aliphatic rings. The minimum atomic E-state index is -0.866. The van der Waals surface area contributed by atoms with Crippen LogP contribution in [-0.4, -0.2) is 32.9 Å². The summed E-state index contributed by atoms with van der Waals surface area (Å²) in [5.74, 6) is 0.671. The lowest BCUT2D eigenvalue weighted by molar-refractivity contribution is 0.115. The fourth-order valence-corrected chi connectivity index (χ4v) is 4.15. The number of aliphatic hydroxyl groups excluding tert-OH is 2. The molecule has 0 heterocycles. The lowest BCUT2D eigenvalue weighted by Gasteiger charge is -2.31. The second kappa shape index (κ2) is 14.1. The van der Waals surface area contributed by atoms with E-state index in [2.05, 4.69) is 47.7 Å². The number of alkyl halides is 1. The number of allylic oxidation sites excluding steroid dienone is 4. The quantitative estimate of drug-likeness (QED) is 0.130. The van der Waals surface area contributed by atoms with E-state index in [1.165, 1.54) is 63.4 Å². The van der Waals surface area contributed by atoms with Crippen LogP contribution in [-0.2, 0) is 0 Å². The Kier molecular flexibility index (Phi) is 13.1. The molecule has 1 aliphatic carbocycles. The third-order valence-electron chi connectivity index (χ3n) is 5.52. The van der Waals surface area contributed by atoms with Gasteiger partial charge in [-0.2, -0.15) is 0 Å². The highest BCUT2D eigenvalue weighted by Gasteiger charge is 2.27. The molecule has 26 heavy (non-hydrogen) atoms. The molecule has 152 valence electrons. The molecule has 0 saturated heterocycles. The van der Waals surface area contributed by atoms with Crippen molar-refractivity contribution < 1.29 is 10.2 Å². The second-order valence-corrected chi connectivity index (χ2v) is 9.59. The zero-order valence-corrected chi connectivity index (χ0v) is 18.8.